The van der Waals surface area contributed by atoms with E-state index in [4.69, 9.17) is 4.74 Å². The third-order valence-corrected chi connectivity index (χ3v) is 10.1. The molecule has 1 unspecified atom stereocenters. The van der Waals surface area contributed by atoms with Crippen molar-refractivity contribution in [2.45, 2.75) is 95.4 Å². The number of ketones is 4. The number of Topliss-reactive ketones (excluding diaryl/α,β-unsaturated/α-hetero) is 4. The number of ether oxygens (including phenoxy) is 1. The van der Waals surface area contributed by atoms with Crippen molar-refractivity contribution in [2.24, 2.45) is 33.5 Å². The summed E-state index contributed by atoms with van der Waals surface area (Å²) in [6.45, 7) is 24.5. The Labute approximate surface area is 259 Å². The lowest BCUT2D eigenvalue weighted by atomic mass is 9.59. The minimum absolute atomic E-state index is 0.0137. The Morgan fingerprint density at radius 2 is 1.36 bits per heavy atom. The monoisotopic (exact) mass is 606 g/mol. The lowest BCUT2D eigenvalue weighted by Crippen LogP contribution is -2.52. The van der Waals surface area contributed by atoms with Gasteiger partial charge >= 0.3 is 0 Å². The molecule has 1 atom stereocenters. The number of carbonyl (C=O) groups is 4. The van der Waals surface area contributed by atoms with Gasteiger partial charge in [-0.05, 0) is 61.3 Å². The molecule has 0 saturated carbocycles. The van der Waals surface area contributed by atoms with E-state index in [9.17, 15) is 34.5 Å². The molecule has 4 rings (SSSR count). The van der Waals surface area contributed by atoms with E-state index in [1.54, 1.807) is 69.2 Å². The van der Waals surface area contributed by atoms with Crippen LogP contribution < -0.4 is 4.74 Å². The summed E-state index contributed by atoms with van der Waals surface area (Å²) in [5, 5.41) is 35.1. The van der Waals surface area contributed by atoms with Crippen LogP contribution in [0.5, 0.6) is 17.2 Å². The number of fused-ring (bicyclic) bond motifs is 1. The minimum atomic E-state index is -1.37. The minimum Gasteiger partial charge on any atom is -0.511 e. The molecule has 2 aliphatic carbocycles. The second kappa shape index (κ2) is 9.91. The van der Waals surface area contributed by atoms with E-state index in [1.807, 2.05) is 13.8 Å². The number of phenolic OH excluding ortho intramolecular Hbond substituents is 2. The Balaban J connectivity index is 2.12. The molecule has 0 radical (unpaired) electrons. The number of carbonyl (C=O) groups excluding carboxylic acids is 4. The average Bonchev–Trinajstić information content (AvgIpc) is 2.92. The number of benzene rings is 1. The summed E-state index contributed by atoms with van der Waals surface area (Å²) in [4.78, 5) is 55.1. The molecule has 1 heterocycles. The molecule has 0 fully saturated rings. The summed E-state index contributed by atoms with van der Waals surface area (Å²) in [5.41, 5.74) is -4.09. The van der Waals surface area contributed by atoms with Gasteiger partial charge in [0.2, 0.25) is 0 Å². The van der Waals surface area contributed by atoms with Gasteiger partial charge in [-0.3, -0.25) is 19.2 Å². The van der Waals surface area contributed by atoms with Crippen LogP contribution in [0.3, 0.4) is 0 Å². The number of hydrogen-bond acceptors (Lipinski definition) is 8. The quantitative estimate of drug-likeness (QED) is 0.184. The Morgan fingerprint density at radius 3 is 1.86 bits per heavy atom. The van der Waals surface area contributed by atoms with Crippen LogP contribution in [0.1, 0.15) is 110 Å². The topological polar surface area (TPSA) is 138 Å². The summed E-state index contributed by atoms with van der Waals surface area (Å²) in [5.74, 6) is -4.64. The predicted molar refractivity (Wildman–Crippen MR) is 167 cm³/mol. The molecule has 0 spiro atoms. The highest BCUT2D eigenvalue weighted by molar-refractivity contribution is 6.20. The molecule has 1 aromatic rings. The highest BCUT2D eigenvalue weighted by atomic mass is 16.5. The molecule has 0 amide bonds. The Kier molecular flexibility index (Phi) is 7.48. The van der Waals surface area contributed by atoms with Crippen LogP contribution in [0.2, 0.25) is 0 Å². The lowest BCUT2D eigenvalue weighted by Gasteiger charge is -2.46. The van der Waals surface area contributed by atoms with Crippen LogP contribution in [0.15, 0.2) is 34.8 Å². The summed E-state index contributed by atoms with van der Waals surface area (Å²) in [6, 6.07) is 0. The molecule has 44 heavy (non-hydrogen) atoms. The number of hydrogen-bond donors (Lipinski definition) is 3. The molecule has 3 aliphatic rings. The van der Waals surface area contributed by atoms with Crippen molar-refractivity contribution in [3.05, 3.63) is 51.5 Å². The van der Waals surface area contributed by atoms with E-state index in [-0.39, 0.29) is 63.2 Å². The summed E-state index contributed by atoms with van der Waals surface area (Å²) in [7, 11) is 0. The first-order valence-corrected chi connectivity index (χ1v) is 15.2. The average molecular weight is 607 g/mol. The maximum atomic E-state index is 14.0. The fourth-order valence-corrected chi connectivity index (χ4v) is 7.26. The number of rotatable bonds is 5. The van der Waals surface area contributed by atoms with Crippen LogP contribution in [-0.4, -0.2) is 38.5 Å². The van der Waals surface area contributed by atoms with Gasteiger partial charge in [0.05, 0.1) is 10.8 Å². The van der Waals surface area contributed by atoms with Crippen molar-refractivity contribution >= 4 is 23.1 Å². The molecular formula is C36H46O8. The molecule has 0 bridgehead atoms. The van der Waals surface area contributed by atoms with E-state index in [2.05, 4.69) is 6.58 Å². The largest absolute Gasteiger partial charge is 0.511 e. The zero-order chi connectivity index (χ0) is 33.8. The highest BCUT2D eigenvalue weighted by Crippen LogP contribution is 2.60. The molecule has 8 heteroatoms. The molecule has 3 N–H and O–H groups in total. The van der Waals surface area contributed by atoms with E-state index < -0.39 is 62.3 Å². The SMILES string of the molecule is C=C1C(C)(C)C(=O)C(Cc2c(O)c(C(=O)C(C)C)c3c(c2O)C(C(C)C)C2=C(O3)C(C)(C)C(=O)C(C)(C)C2=O)=C(O)C1(C)C. The van der Waals surface area contributed by atoms with Gasteiger partial charge in [0.15, 0.2) is 23.1 Å². The lowest BCUT2D eigenvalue weighted by molar-refractivity contribution is -0.144. The van der Waals surface area contributed by atoms with Gasteiger partial charge in [-0.2, -0.15) is 0 Å². The number of aliphatic hydroxyl groups is 1. The van der Waals surface area contributed by atoms with Gasteiger partial charge in [0, 0.05) is 51.4 Å². The zero-order valence-corrected chi connectivity index (χ0v) is 28.0. The first kappa shape index (κ1) is 33.2. The van der Waals surface area contributed by atoms with E-state index in [1.165, 1.54) is 0 Å². The number of allylic oxidation sites excluding steroid dienone is 4. The molecule has 0 saturated heterocycles. The van der Waals surface area contributed by atoms with Crippen LogP contribution in [0.25, 0.3) is 0 Å². The smallest absolute Gasteiger partial charge is 0.175 e. The molecule has 0 aromatic heterocycles. The van der Waals surface area contributed by atoms with Crippen molar-refractivity contribution in [3.63, 3.8) is 0 Å². The van der Waals surface area contributed by atoms with Crippen molar-refractivity contribution in [3.8, 4) is 17.2 Å². The van der Waals surface area contributed by atoms with Crippen LogP contribution >= 0.6 is 0 Å². The third-order valence-electron chi connectivity index (χ3n) is 10.1. The fourth-order valence-electron chi connectivity index (χ4n) is 7.26. The molecule has 1 aliphatic heterocycles. The van der Waals surface area contributed by atoms with Crippen molar-refractivity contribution in [1.82, 2.24) is 0 Å². The third kappa shape index (κ3) is 4.23. The van der Waals surface area contributed by atoms with E-state index >= 15 is 0 Å². The van der Waals surface area contributed by atoms with E-state index in [0.717, 1.165) is 0 Å². The van der Waals surface area contributed by atoms with Gasteiger partial charge in [-0.15, -0.1) is 0 Å². The summed E-state index contributed by atoms with van der Waals surface area (Å²) in [6.07, 6.45) is -0.381. The first-order valence-electron chi connectivity index (χ1n) is 15.2. The Hall–Kier alpha value is -3.68. The second-order valence-electron chi connectivity index (χ2n) is 15.3. The van der Waals surface area contributed by atoms with Crippen LogP contribution in [0.4, 0.5) is 0 Å². The Bertz CT molecular complexity index is 1620. The Morgan fingerprint density at radius 1 is 0.818 bits per heavy atom. The van der Waals surface area contributed by atoms with Gasteiger partial charge in [0.1, 0.15) is 34.3 Å². The molecule has 238 valence electrons. The number of aromatic hydroxyl groups is 2. The van der Waals surface area contributed by atoms with Crippen molar-refractivity contribution < 1.29 is 39.2 Å². The maximum absolute atomic E-state index is 14.0. The summed E-state index contributed by atoms with van der Waals surface area (Å²) >= 11 is 0. The van der Waals surface area contributed by atoms with Gasteiger partial charge in [0.25, 0.3) is 0 Å². The van der Waals surface area contributed by atoms with Crippen LogP contribution in [-0.2, 0) is 20.8 Å². The molecular weight excluding hydrogens is 560 g/mol. The maximum Gasteiger partial charge on any atom is 0.175 e. The van der Waals surface area contributed by atoms with E-state index in [0.29, 0.717) is 5.57 Å². The van der Waals surface area contributed by atoms with Crippen molar-refractivity contribution in [2.75, 3.05) is 0 Å². The van der Waals surface area contributed by atoms with Crippen LogP contribution in [0, 0.1) is 33.5 Å². The zero-order valence-electron chi connectivity index (χ0n) is 28.0. The number of phenols is 2. The van der Waals surface area contributed by atoms with Gasteiger partial charge < -0.3 is 20.1 Å². The predicted octanol–water partition coefficient (Wildman–Crippen LogP) is 7.07. The molecule has 1 aromatic carbocycles. The first-order chi connectivity index (χ1) is 19.9. The standard InChI is InChI=1S/C36H46O8/c1-15(2)20-21-25(38)18(14-19-28(40)33(6,7)17(5)34(8,9)29(19)41)26(39)23(24(37)16(3)4)27(21)44-31-22(20)30(42)35(10,11)32(43)36(31,12)13/h15-16,20,38-40H,5,14H2,1-4,6-13H3. The second-order valence-corrected chi connectivity index (χ2v) is 15.3. The van der Waals surface area contributed by atoms with Crippen molar-refractivity contribution in [1.29, 1.82) is 0 Å². The molecule has 8 nitrogen and oxygen atoms in total. The van der Waals surface area contributed by atoms with Gasteiger partial charge in [-0.25, -0.2) is 0 Å². The highest BCUT2D eigenvalue weighted by Gasteiger charge is 2.58. The fraction of sp³-hybridized carbons (Fsp3) is 0.556. The number of aliphatic hydroxyl groups excluding tert-OH is 1. The van der Waals surface area contributed by atoms with Gasteiger partial charge in [-0.1, -0.05) is 39.8 Å². The summed E-state index contributed by atoms with van der Waals surface area (Å²) < 4.78 is 6.35. The normalized spacial score (nSPS) is 23.6.